The summed E-state index contributed by atoms with van der Waals surface area (Å²) in [6.45, 7) is 1.13. The first-order chi connectivity index (χ1) is 16.0. The summed E-state index contributed by atoms with van der Waals surface area (Å²) < 4.78 is 61.0. The molecule has 2 aliphatic rings. The van der Waals surface area contributed by atoms with E-state index >= 15 is 0 Å². The Morgan fingerprint density at radius 3 is 2.68 bits per heavy atom. The van der Waals surface area contributed by atoms with Crippen LogP contribution in [0.1, 0.15) is 28.7 Å². The summed E-state index contributed by atoms with van der Waals surface area (Å²) in [5, 5.41) is 2.51. The first-order valence-corrected chi connectivity index (χ1v) is 10.2. The number of rotatable bonds is 4. The number of hydrogen-bond acceptors (Lipinski definition) is 7. The Bertz CT molecular complexity index is 1170. The Hall–Kier alpha value is -3.61. The maximum absolute atomic E-state index is 15.0. The molecule has 34 heavy (non-hydrogen) atoms. The fraction of sp³-hybridized carbons (Fsp3) is 0.381. The van der Waals surface area contributed by atoms with E-state index in [1.165, 1.54) is 25.5 Å². The second kappa shape index (κ2) is 8.31. The maximum Gasteiger partial charge on any atom is 0.415 e. The van der Waals surface area contributed by atoms with Gasteiger partial charge < -0.3 is 15.8 Å². The van der Waals surface area contributed by atoms with E-state index in [2.05, 4.69) is 20.3 Å². The molecule has 0 aliphatic carbocycles. The third kappa shape index (κ3) is 3.85. The zero-order chi connectivity index (χ0) is 24.8. The Labute approximate surface area is 191 Å². The highest BCUT2D eigenvalue weighted by Crippen LogP contribution is 2.51. The van der Waals surface area contributed by atoms with Gasteiger partial charge in [0.25, 0.3) is 5.91 Å². The van der Waals surface area contributed by atoms with Gasteiger partial charge >= 0.3 is 6.18 Å². The highest BCUT2D eigenvalue weighted by molar-refractivity contribution is 6.03. The second-order valence-corrected chi connectivity index (χ2v) is 7.94. The van der Waals surface area contributed by atoms with E-state index in [1.54, 1.807) is 0 Å². The van der Waals surface area contributed by atoms with Gasteiger partial charge in [-0.2, -0.15) is 13.2 Å². The number of nitrogens with one attached hydrogen (secondary N) is 1. The van der Waals surface area contributed by atoms with Crippen LogP contribution in [0.25, 0.3) is 0 Å². The van der Waals surface area contributed by atoms with Crippen molar-refractivity contribution in [2.24, 2.45) is 16.6 Å². The van der Waals surface area contributed by atoms with Crippen molar-refractivity contribution in [3.63, 3.8) is 0 Å². The zero-order valence-corrected chi connectivity index (χ0v) is 18.1. The molecule has 1 aromatic heterocycles. The Morgan fingerprint density at radius 1 is 1.32 bits per heavy atom. The molecular weight excluding hydrogens is 460 g/mol. The van der Waals surface area contributed by atoms with Gasteiger partial charge in [0.05, 0.1) is 18.5 Å². The van der Waals surface area contributed by atoms with Crippen LogP contribution >= 0.6 is 0 Å². The van der Waals surface area contributed by atoms with Gasteiger partial charge in [0.15, 0.2) is 12.1 Å². The molecule has 4 rings (SSSR count). The van der Waals surface area contributed by atoms with Crippen molar-refractivity contribution in [2.75, 3.05) is 19.0 Å². The number of ether oxygens (including phenoxy) is 1. The largest absolute Gasteiger partial charge is 0.415 e. The van der Waals surface area contributed by atoms with Crippen molar-refractivity contribution in [3.05, 3.63) is 53.4 Å². The normalized spacial score (nSPS) is 24.6. The van der Waals surface area contributed by atoms with Crippen LogP contribution < -0.4 is 11.1 Å². The molecule has 3 atom stereocenters. The number of benzene rings is 1. The van der Waals surface area contributed by atoms with Gasteiger partial charge in [-0.15, -0.1) is 0 Å². The Balaban J connectivity index is 1.74. The molecule has 2 aromatic rings. The molecule has 3 N–H and O–H groups in total. The third-order valence-corrected chi connectivity index (χ3v) is 5.87. The van der Waals surface area contributed by atoms with E-state index < -0.39 is 48.0 Å². The van der Waals surface area contributed by atoms with Crippen LogP contribution in [-0.2, 0) is 21.5 Å². The number of nitrogens with two attached hydrogens (primary N) is 1. The number of carbonyl (C=O) groups is 2. The zero-order valence-electron chi connectivity index (χ0n) is 18.1. The smallest absolute Gasteiger partial charge is 0.369 e. The summed E-state index contributed by atoms with van der Waals surface area (Å²) >= 11 is 0. The van der Waals surface area contributed by atoms with E-state index in [9.17, 15) is 27.2 Å². The molecule has 3 heterocycles. The lowest BCUT2D eigenvalue weighted by atomic mass is 9.76. The van der Waals surface area contributed by atoms with E-state index in [1.807, 2.05) is 6.92 Å². The van der Waals surface area contributed by atoms with Crippen molar-refractivity contribution in [1.29, 1.82) is 0 Å². The molecule has 0 radical (unpaired) electrons. The molecule has 180 valence electrons. The Kier molecular flexibility index (Phi) is 5.75. The number of aliphatic imine (C=N–C) groups is 1. The molecule has 9 nitrogen and oxygen atoms in total. The highest BCUT2D eigenvalue weighted by Gasteiger charge is 2.66. The summed E-state index contributed by atoms with van der Waals surface area (Å²) in [7, 11) is 1.18. The summed E-state index contributed by atoms with van der Waals surface area (Å²) in [5.74, 6) is -4.89. The number of amides is 2. The van der Waals surface area contributed by atoms with Crippen molar-refractivity contribution in [1.82, 2.24) is 14.9 Å². The van der Waals surface area contributed by atoms with E-state index in [0.29, 0.717) is 12.1 Å². The fourth-order valence-corrected chi connectivity index (χ4v) is 4.06. The lowest BCUT2D eigenvalue weighted by Crippen LogP contribution is -2.57. The number of aryl methyl sites for hydroxylation is 1. The minimum absolute atomic E-state index is 0.0165. The number of carbonyl (C=O) groups excluding carboxylic acids is 2. The van der Waals surface area contributed by atoms with Crippen molar-refractivity contribution >= 4 is 23.5 Å². The highest BCUT2D eigenvalue weighted by atomic mass is 19.4. The molecular formula is C21H20F4N6O3. The molecule has 0 unspecified atom stereocenters. The van der Waals surface area contributed by atoms with Gasteiger partial charge in [-0.25, -0.2) is 14.4 Å². The Morgan fingerprint density at radius 2 is 2.06 bits per heavy atom. The molecule has 0 saturated carbocycles. The van der Waals surface area contributed by atoms with Crippen LogP contribution in [-0.4, -0.2) is 58.6 Å². The molecule has 1 fully saturated rings. The van der Waals surface area contributed by atoms with Gasteiger partial charge in [0.1, 0.15) is 23.0 Å². The van der Waals surface area contributed by atoms with E-state index in [0.717, 1.165) is 17.0 Å². The number of halogens is 4. The standard InChI is InChI=1S/C21H20F4N6O3/c1-3-10-7-28-14(8-27-10)17(32)29-11-4-5-13(22)12(6-11)20-9-34-16(21(23,24)25)15(20)18(33)31(2)19(26)30-20/h4-8,15-16H,3,9H2,1-2H3,(H2,26,30)(H,29,32)/t15-,16-,20+/m0/s1. The quantitative estimate of drug-likeness (QED) is 0.646. The second-order valence-electron chi connectivity index (χ2n) is 7.94. The third-order valence-electron chi connectivity index (χ3n) is 5.87. The van der Waals surface area contributed by atoms with Crippen LogP contribution in [0.4, 0.5) is 23.2 Å². The van der Waals surface area contributed by atoms with Gasteiger partial charge in [0.2, 0.25) is 5.91 Å². The van der Waals surface area contributed by atoms with Crippen LogP contribution in [0.15, 0.2) is 35.6 Å². The average molecular weight is 480 g/mol. The van der Waals surface area contributed by atoms with Crippen LogP contribution in [0.3, 0.4) is 0 Å². The van der Waals surface area contributed by atoms with Gasteiger partial charge in [-0.3, -0.25) is 19.5 Å². The molecule has 13 heteroatoms. The molecule has 1 saturated heterocycles. The number of aromatic nitrogens is 2. The van der Waals surface area contributed by atoms with E-state index in [-0.39, 0.29) is 22.9 Å². The number of nitrogens with zero attached hydrogens (tertiary/aromatic N) is 4. The average Bonchev–Trinajstić information content (AvgIpc) is 3.19. The summed E-state index contributed by atoms with van der Waals surface area (Å²) in [6, 6.07) is 3.29. The van der Waals surface area contributed by atoms with Crippen molar-refractivity contribution in [3.8, 4) is 0 Å². The lowest BCUT2D eigenvalue weighted by Gasteiger charge is -2.39. The fourth-order valence-electron chi connectivity index (χ4n) is 4.06. The first kappa shape index (κ1) is 23.5. The van der Waals surface area contributed by atoms with Crippen molar-refractivity contribution < 1.29 is 31.9 Å². The number of fused-ring (bicyclic) bond motifs is 1. The molecule has 1 aromatic carbocycles. The minimum atomic E-state index is -4.91. The van der Waals surface area contributed by atoms with Gasteiger partial charge in [0, 0.05) is 24.5 Å². The predicted octanol–water partition coefficient (Wildman–Crippen LogP) is 1.99. The minimum Gasteiger partial charge on any atom is -0.369 e. The molecule has 2 aliphatic heterocycles. The molecule has 2 amide bonds. The monoisotopic (exact) mass is 480 g/mol. The number of hydrogen-bond donors (Lipinski definition) is 2. The molecule has 0 bridgehead atoms. The van der Waals surface area contributed by atoms with Crippen LogP contribution in [0.2, 0.25) is 0 Å². The number of anilines is 1. The SMILES string of the molecule is CCc1cnc(C(=O)Nc2ccc(F)c([C@]34CO[C@H](C(F)(F)F)[C@H]3C(=O)N(C)C(N)=N4)c2)cn1. The van der Waals surface area contributed by atoms with Crippen molar-refractivity contribution in [2.45, 2.75) is 31.2 Å². The predicted molar refractivity (Wildman–Crippen MR) is 111 cm³/mol. The van der Waals surface area contributed by atoms with E-state index in [4.69, 9.17) is 10.5 Å². The first-order valence-electron chi connectivity index (χ1n) is 10.2. The molecule has 0 spiro atoms. The summed E-state index contributed by atoms with van der Waals surface area (Å²) in [5.41, 5.74) is 4.06. The van der Waals surface area contributed by atoms with Gasteiger partial charge in [-0.1, -0.05) is 6.92 Å². The summed E-state index contributed by atoms with van der Waals surface area (Å²) in [4.78, 5) is 38.4. The number of guanidine groups is 1. The summed E-state index contributed by atoms with van der Waals surface area (Å²) in [6.07, 6.45) is -4.09. The van der Waals surface area contributed by atoms with Crippen LogP contribution in [0.5, 0.6) is 0 Å². The van der Waals surface area contributed by atoms with Crippen LogP contribution in [0, 0.1) is 11.7 Å². The topological polar surface area (TPSA) is 123 Å². The number of alkyl halides is 3. The maximum atomic E-state index is 15.0. The lowest BCUT2D eigenvalue weighted by molar-refractivity contribution is -0.218. The van der Waals surface area contributed by atoms with Gasteiger partial charge in [-0.05, 0) is 24.6 Å².